The van der Waals surface area contributed by atoms with Crippen molar-refractivity contribution in [3.8, 4) is 0 Å². The van der Waals surface area contributed by atoms with Gasteiger partial charge in [0.05, 0.1) is 0 Å². The molecule has 1 aliphatic rings. The minimum Gasteiger partial charge on any atom is -0.343 e. The Labute approximate surface area is 126 Å². The molecule has 0 atom stereocenters. The predicted octanol–water partition coefficient (Wildman–Crippen LogP) is 4.10. The zero-order valence-corrected chi connectivity index (χ0v) is 13.2. The predicted molar refractivity (Wildman–Crippen MR) is 86.9 cm³/mol. The molecule has 0 radical (unpaired) electrons. The van der Waals surface area contributed by atoms with E-state index in [9.17, 15) is 4.79 Å². The van der Waals surface area contributed by atoms with E-state index in [-0.39, 0.29) is 0 Å². The third-order valence-corrected chi connectivity index (χ3v) is 5.12. The molecule has 110 valence electrons. The largest absolute Gasteiger partial charge is 0.343 e. The quantitative estimate of drug-likeness (QED) is 0.735. The van der Waals surface area contributed by atoms with E-state index in [0.717, 1.165) is 11.5 Å². The monoisotopic (exact) mass is 291 g/mol. The number of carbonyl (C=O) groups is 1. The molecule has 1 aromatic rings. The van der Waals surface area contributed by atoms with E-state index >= 15 is 0 Å². The van der Waals surface area contributed by atoms with Gasteiger partial charge in [0.15, 0.2) is 0 Å². The molecule has 1 fully saturated rings. The Morgan fingerprint density at radius 2 is 1.90 bits per heavy atom. The number of hydrogen-bond acceptors (Lipinski definition) is 2. The minimum absolute atomic E-state index is 0.317. The number of amides is 1. The summed E-state index contributed by atoms with van der Waals surface area (Å²) in [5.74, 6) is 2.24. The first kappa shape index (κ1) is 15.4. The molecule has 0 bridgehead atoms. The summed E-state index contributed by atoms with van der Waals surface area (Å²) in [4.78, 5) is 14.2. The van der Waals surface area contributed by atoms with Crippen LogP contribution in [0.4, 0.5) is 0 Å². The van der Waals surface area contributed by atoms with Gasteiger partial charge in [-0.05, 0) is 18.4 Å². The third kappa shape index (κ3) is 4.86. The summed E-state index contributed by atoms with van der Waals surface area (Å²) >= 11 is 1.85. The molecular weight excluding hydrogens is 266 g/mol. The molecule has 0 saturated heterocycles. The fourth-order valence-electron chi connectivity index (χ4n) is 2.77. The second-order valence-electron chi connectivity index (χ2n) is 5.58. The van der Waals surface area contributed by atoms with Crippen molar-refractivity contribution in [2.75, 3.05) is 12.8 Å². The van der Waals surface area contributed by atoms with Crippen LogP contribution >= 0.6 is 11.8 Å². The lowest BCUT2D eigenvalue weighted by molar-refractivity contribution is -0.132. The van der Waals surface area contributed by atoms with Gasteiger partial charge in [-0.2, -0.15) is 11.8 Å². The minimum atomic E-state index is 0.317. The van der Waals surface area contributed by atoms with Gasteiger partial charge < -0.3 is 4.90 Å². The summed E-state index contributed by atoms with van der Waals surface area (Å²) < 4.78 is 0. The zero-order chi connectivity index (χ0) is 14.2. The van der Waals surface area contributed by atoms with Crippen LogP contribution in [-0.4, -0.2) is 29.6 Å². The van der Waals surface area contributed by atoms with Crippen molar-refractivity contribution >= 4 is 17.7 Å². The second-order valence-corrected chi connectivity index (χ2v) is 6.69. The highest BCUT2D eigenvalue weighted by atomic mass is 32.2. The average molecular weight is 291 g/mol. The van der Waals surface area contributed by atoms with Crippen molar-refractivity contribution in [1.29, 1.82) is 0 Å². The molecule has 0 aliphatic heterocycles. The second kappa shape index (κ2) is 8.35. The van der Waals surface area contributed by atoms with Gasteiger partial charge in [0, 0.05) is 31.0 Å². The summed E-state index contributed by atoms with van der Waals surface area (Å²) in [7, 11) is 1.99. The van der Waals surface area contributed by atoms with Crippen LogP contribution < -0.4 is 0 Å². The number of benzene rings is 1. The standard InChI is InChI=1S/C17H25NOS/c1-18(16-10-6-3-7-11-16)17(19)12-13-20-14-15-8-4-2-5-9-15/h2,4-5,8-9,16H,3,6-7,10-14H2,1H3. The molecule has 2 nitrogen and oxygen atoms in total. The third-order valence-electron chi connectivity index (χ3n) is 4.09. The van der Waals surface area contributed by atoms with Gasteiger partial charge in [0.2, 0.25) is 5.91 Å². The summed E-state index contributed by atoms with van der Waals surface area (Å²) in [6.45, 7) is 0. The molecule has 3 heteroatoms. The Morgan fingerprint density at radius 1 is 1.20 bits per heavy atom. The van der Waals surface area contributed by atoms with Gasteiger partial charge in [-0.25, -0.2) is 0 Å². The lowest BCUT2D eigenvalue weighted by atomic mass is 9.94. The molecule has 0 N–H and O–H groups in total. The first-order valence-corrected chi connectivity index (χ1v) is 8.80. The van der Waals surface area contributed by atoms with E-state index in [1.807, 2.05) is 29.8 Å². The lowest BCUT2D eigenvalue weighted by Gasteiger charge is -2.31. The van der Waals surface area contributed by atoms with Crippen molar-refractivity contribution < 1.29 is 4.79 Å². The molecule has 0 aromatic heterocycles. The highest BCUT2D eigenvalue weighted by Gasteiger charge is 2.21. The molecule has 0 spiro atoms. The smallest absolute Gasteiger partial charge is 0.223 e. The summed E-state index contributed by atoms with van der Waals surface area (Å²) in [5, 5.41) is 0. The highest BCUT2D eigenvalue weighted by Crippen LogP contribution is 2.22. The van der Waals surface area contributed by atoms with Crippen molar-refractivity contribution in [3.05, 3.63) is 35.9 Å². The molecule has 1 aromatic carbocycles. The van der Waals surface area contributed by atoms with E-state index in [1.54, 1.807) is 0 Å². The maximum absolute atomic E-state index is 12.2. The highest BCUT2D eigenvalue weighted by molar-refractivity contribution is 7.98. The van der Waals surface area contributed by atoms with Crippen LogP contribution in [-0.2, 0) is 10.5 Å². The number of carbonyl (C=O) groups excluding carboxylic acids is 1. The molecule has 0 heterocycles. The van der Waals surface area contributed by atoms with Crippen molar-refractivity contribution in [2.24, 2.45) is 0 Å². The van der Waals surface area contributed by atoms with Crippen LogP contribution in [0.3, 0.4) is 0 Å². The maximum Gasteiger partial charge on any atom is 0.223 e. The van der Waals surface area contributed by atoms with Crippen molar-refractivity contribution in [1.82, 2.24) is 4.90 Å². The average Bonchev–Trinajstić information content (AvgIpc) is 2.52. The van der Waals surface area contributed by atoms with Gasteiger partial charge in [-0.1, -0.05) is 49.6 Å². The Morgan fingerprint density at radius 3 is 2.60 bits per heavy atom. The SMILES string of the molecule is CN(C(=O)CCSCc1ccccc1)C1CCCCC1. The van der Waals surface area contributed by atoms with Crippen LogP contribution in [0.5, 0.6) is 0 Å². The summed E-state index contributed by atoms with van der Waals surface area (Å²) in [6, 6.07) is 11.0. The van der Waals surface area contributed by atoms with Gasteiger partial charge in [-0.15, -0.1) is 0 Å². The van der Waals surface area contributed by atoms with Gasteiger partial charge in [0.25, 0.3) is 0 Å². The molecule has 2 rings (SSSR count). The topological polar surface area (TPSA) is 20.3 Å². The van der Waals surface area contributed by atoms with E-state index in [2.05, 4.69) is 24.3 Å². The van der Waals surface area contributed by atoms with Gasteiger partial charge in [0.1, 0.15) is 0 Å². The van der Waals surface area contributed by atoms with Crippen molar-refractivity contribution in [2.45, 2.75) is 50.3 Å². The molecule has 0 unspecified atom stereocenters. The van der Waals surface area contributed by atoms with Crippen LogP contribution in [0, 0.1) is 0 Å². The first-order chi connectivity index (χ1) is 9.77. The van der Waals surface area contributed by atoms with Crippen LogP contribution in [0.2, 0.25) is 0 Å². The Kier molecular flexibility index (Phi) is 6.44. The van der Waals surface area contributed by atoms with E-state index in [1.165, 1.54) is 37.7 Å². The Bertz CT molecular complexity index is 401. The zero-order valence-electron chi connectivity index (χ0n) is 12.4. The van der Waals surface area contributed by atoms with Gasteiger partial charge in [-0.3, -0.25) is 4.79 Å². The number of nitrogens with zero attached hydrogens (tertiary/aromatic N) is 1. The maximum atomic E-state index is 12.2. The number of hydrogen-bond donors (Lipinski definition) is 0. The first-order valence-electron chi connectivity index (χ1n) is 7.64. The van der Waals surface area contributed by atoms with Crippen LogP contribution in [0.15, 0.2) is 30.3 Å². The van der Waals surface area contributed by atoms with E-state index in [4.69, 9.17) is 0 Å². The molecular formula is C17H25NOS. The van der Waals surface area contributed by atoms with Gasteiger partial charge >= 0.3 is 0 Å². The number of thioether (sulfide) groups is 1. The summed E-state index contributed by atoms with van der Waals surface area (Å²) in [5.41, 5.74) is 1.34. The fourth-order valence-corrected chi connectivity index (χ4v) is 3.66. The molecule has 1 saturated carbocycles. The van der Waals surface area contributed by atoms with E-state index in [0.29, 0.717) is 18.4 Å². The van der Waals surface area contributed by atoms with Crippen molar-refractivity contribution in [3.63, 3.8) is 0 Å². The normalized spacial score (nSPS) is 16.1. The van der Waals surface area contributed by atoms with E-state index < -0.39 is 0 Å². The van der Waals surface area contributed by atoms with Crippen LogP contribution in [0.25, 0.3) is 0 Å². The molecule has 1 aliphatic carbocycles. The Balaban J connectivity index is 1.64. The molecule has 20 heavy (non-hydrogen) atoms. The lowest BCUT2D eigenvalue weighted by Crippen LogP contribution is -2.38. The Hall–Kier alpha value is -0.960. The number of rotatable bonds is 6. The van der Waals surface area contributed by atoms with Crippen LogP contribution in [0.1, 0.15) is 44.1 Å². The summed E-state index contributed by atoms with van der Waals surface area (Å²) in [6.07, 6.45) is 6.96. The molecule has 1 amide bonds. The fraction of sp³-hybridized carbons (Fsp3) is 0.588.